The fourth-order valence-corrected chi connectivity index (χ4v) is 2.62. The van der Waals surface area contributed by atoms with Crippen LogP contribution >= 0.6 is 0 Å². The van der Waals surface area contributed by atoms with E-state index >= 15 is 0 Å². The van der Waals surface area contributed by atoms with E-state index in [1.54, 1.807) is 0 Å². The van der Waals surface area contributed by atoms with Gasteiger partial charge in [0.2, 0.25) is 0 Å². The summed E-state index contributed by atoms with van der Waals surface area (Å²) >= 11 is 0. The highest BCUT2D eigenvalue weighted by Crippen LogP contribution is 2.17. The summed E-state index contributed by atoms with van der Waals surface area (Å²) in [7, 11) is 0. The molecule has 2 nitrogen and oxygen atoms in total. The van der Waals surface area contributed by atoms with Crippen molar-refractivity contribution in [1.82, 2.24) is 0 Å². The van der Waals surface area contributed by atoms with Crippen LogP contribution in [0.4, 0.5) is 0 Å². The van der Waals surface area contributed by atoms with Crippen LogP contribution in [0.15, 0.2) is 30.3 Å². The third-order valence-corrected chi connectivity index (χ3v) is 3.78. The van der Waals surface area contributed by atoms with Gasteiger partial charge in [0.25, 0.3) is 0 Å². The van der Waals surface area contributed by atoms with Crippen LogP contribution in [0.1, 0.15) is 50.5 Å². The first-order valence-electron chi connectivity index (χ1n) is 7.52. The molecule has 1 atom stereocenters. The predicted molar refractivity (Wildman–Crippen MR) is 77.2 cm³/mol. The van der Waals surface area contributed by atoms with E-state index in [1.165, 1.54) is 18.4 Å². The maximum atomic E-state index is 11.8. The Hall–Kier alpha value is -1.15. The predicted octanol–water partition coefficient (Wildman–Crippen LogP) is 3.93. The van der Waals surface area contributed by atoms with Gasteiger partial charge in [-0.2, -0.15) is 0 Å². The first-order chi connectivity index (χ1) is 9.34. The minimum atomic E-state index is 0.340. The lowest BCUT2D eigenvalue weighted by Gasteiger charge is -2.22. The average molecular weight is 260 g/mol. The van der Waals surface area contributed by atoms with E-state index in [-0.39, 0.29) is 0 Å². The van der Waals surface area contributed by atoms with Crippen LogP contribution in [0, 0.1) is 0 Å². The van der Waals surface area contributed by atoms with Gasteiger partial charge in [0.15, 0.2) is 0 Å². The Morgan fingerprint density at radius 2 is 2.00 bits per heavy atom. The number of carbonyl (C=O) groups is 1. The lowest BCUT2D eigenvalue weighted by atomic mass is 10.0. The number of rotatable bonds is 7. The average Bonchev–Trinajstić information content (AvgIpc) is 2.47. The van der Waals surface area contributed by atoms with E-state index in [2.05, 4.69) is 24.3 Å². The minimum absolute atomic E-state index is 0.340. The van der Waals surface area contributed by atoms with Crippen molar-refractivity contribution in [1.29, 1.82) is 0 Å². The zero-order chi connectivity index (χ0) is 13.3. The number of ether oxygens (including phenoxy) is 1. The molecule has 1 unspecified atom stereocenters. The van der Waals surface area contributed by atoms with Crippen LogP contribution in [0.3, 0.4) is 0 Å². The molecule has 1 aromatic rings. The number of hydrogen-bond donors (Lipinski definition) is 0. The van der Waals surface area contributed by atoms with Crippen LogP contribution in [0.25, 0.3) is 0 Å². The Morgan fingerprint density at radius 3 is 2.74 bits per heavy atom. The zero-order valence-electron chi connectivity index (χ0n) is 11.6. The minimum Gasteiger partial charge on any atom is -0.378 e. The summed E-state index contributed by atoms with van der Waals surface area (Å²) in [5, 5.41) is 0. The van der Waals surface area contributed by atoms with E-state index in [9.17, 15) is 4.79 Å². The SMILES string of the molecule is O=C(CCCc1ccccc1)CCC1CCCCO1. The summed E-state index contributed by atoms with van der Waals surface area (Å²) in [5.41, 5.74) is 1.32. The molecule has 0 radical (unpaired) electrons. The highest BCUT2D eigenvalue weighted by atomic mass is 16.5. The maximum absolute atomic E-state index is 11.8. The molecule has 104 valence electrons. The van der Waals surface area contributed by atoms with Crippen LogP contribution < -0.4 is 0 Å². The van der Waals surface area contributed by atoms with Gasteiger partial charge in [-0.25, -0.2) is 0 Å². The molecule has 0 bridgehead atoms. The Kier molecular flexibility index (Phi) is 6.09. The molecule has 2 rings (SSSR count). The first kappa shape index (κ1) is 14.3. The van der Waals surface area contributed by atoms with Gasteiger partial charge in [0, 0.05) is 19.4 Å². The Bertz CT molecular complexity index is 366. The second-order valence-electron chi connectivity index (χ2n) is 5.41. The van der Waals surface area contributed by atoms with Crippen LogP contribution in [-0.4, -0.2) is 18.5 Å². The van der Waals surface area contributed by atoms with E-state index in [4.69, 9.17) is 4.74 Å². The van der Waals surface area contributed by atoms with Crippen LogP contribution in [0.2, 0.25) is 0 Å². The molecule has 0 spiro atoms. The van der Waals surface area contributed by atoms with Crippen molar-refractivity contribution in [2.45, 2.75) is 57.5 Å². The molecule has 0 amide bonds. The van der Waals surface area contributed by atoms with Crippen molar-refractivity contribution < 1.29 is 9.53 Å². The zero-order valence-corrected chi connectivity index (χ0v) is 11.6. The van der Waals surface area contributed by atoms with E-state index < -0.39 is 0 Å². The highest BCUT2D eigenvalue weighted by molar-refractivity contribution is 5.78. The number of carbonyl (C=O) groups excluding carboxylic acids is 1. The van der Waals surface area contributed by atoms with Gasteiger partial charge < -0.3 is 4.74 Å². The summed E-state index contributed by atoms with van der Waals surface area (Å²) in [6.45, 7) is 0.882. The lowest BCUT2D eigenvalue weighted by Crippen LogP contribution is -2.19. The maximum Gasteiger partial charge on any atom is 0.133 e. The molecule has 0 N–H and O–H groups in total. The summed E-state index contributed by atoms with van der Waals surface area (Å²) < 4.78 is 5.65. The largest absolute Gasteiger partial charge is 0.378 e. The summed E-state index contributed by atoms with van der Waals surface area (Å²) in [5.74, 6) is 0.394. The van der Waals surface area contributed by atoms with Crippen LogP contribution in [-0.2, 0) is 16.0 Å². The molecule has 0 saturated carbocycles. The number of benzene rings is 1. The second-order valence-corrected chi connectivity index (χ2v) is 5.41. The molecule has 2 heteroatoms. The normalized spacial score (nSPS) is 19.3. The van der Waals surface area contributed by atoms with Crippen molar-refractivity contribution in [2.24, 2.45) is 0 Å². The third-order valence-electron chi connectivity index (χ3n) is 3.78. The fraction of sp³-hybridized carbons (Fsp3) is 0.588. The number of aryl methyl sites for hydroxylation is 1. The Morgan fingerprint density at radius 1 is 1.16 bits per heavy atom. The van der Waals surface area contributed by atoms with E-state index in [0.717, 1.165) is 32.3 Å². The monoisotopic (exact) mass is 260 g/mol. The smallest absolute Gasteiger partial charge is 0.133 e. The molecular weight excluding hydrogens is 236 g/mol. The Labute approximate surface area is 116 Å². The molecule has 1 saturated heterocycles. The van der Waals surface area contributed by atoms with Crippen LogP contribution in [0.5, 0.6) is 0 Å². The topological polar surface area (TPSA) is 26.3 Å². The number of Topliss-reactive ketones (excluding diaryl/α,β-unsaturated/α-hetero) is 1. The standard InChI is InChI=1S/C17H24O2/c18-16(12-13-17-11-4-5-14-19-17)10-6-9-15-7-2-1-3-8-15/h1-3,7-8,17H,4-6,9-14H2. The van der Waals surface area contributed by atoms with E-state index in [1.807, 2.05) is 6.07 Å². The molecular formula is C17H24O2. The first-order valence-corrected chi connectivity index (χ1v) is 7.52. The van der Waals surface area contributed by atoms with Crippen molar-refractivity contribution in [3.63, 3.8) is 0 Å². The van der Waals surface area contributed by atoms with Crippen molar-refractivity contribution in [2.75, 3.05) is 6.61 Å². The van der Waals surface area contributed by atoms with Gasteiger partial charge in [-0.1, -0.05) is 30.3 Å². The van der Waals surface area contributed by atoms with Crippen molar-refractivity contribution >= 4 is 5.78 Å². The third kappa shape index (κ3) is 5.56. The molecule has 1 aromatic carbocycles. The second kappa shape index (κ2) is 8.11. The molecule has 1 aliphatic heterocycles. The highest BCUT2D eigenvalue weighted by Gasteiger charge is 2.14. The summed E-state index contributed by atoms with van der Waals surface area (Å²) in [6, 6.07) is 10.4. The molecule has 1 aliphatic rings. The molecule has 19 heavy (non-hydrogen) atoms. The number of hydrogen-bond acceptors (Lipinski definition) is 2. The van der Waals surface area contributed by atoms with Gasteiger partial charge in [-0.3, -0.25) is 4.79 Å². The summed E-state index contributed by atoms with van der Waals surface area (Å²) in [6.07, 6.45) is 8.21. The van der Waals surface area contributed by atoms with Gasteiger partial charge in [0.05, 0.1) is 6.10 Å². The van der Waals surface area contributed by atoms with Gasteiger partial charge in [-0.05, 0) is 44.1 Å². The molecule has 1 fully saturated rings. The molecule has 0 aliphatic carbocycles. The Balaban J connectivity index is 1.57. The molecule has 1 heterocycles. The van der Waals surface area contributed by atoms with Gasteiger partial charge in [-0.15, -0.1) is 0 Å². The van der Waals surface area contributed by atoms with Gasteiger partial charge >= 0.3 is 0 Å². The van der Waals surface area contributed by atoms with Crippen molar-refractivity contribution in [3.8, 4) is 0 Å². The summed E-state index contributed by atoms with van der Waals surface area (Å²) in [4.78, 5) is 11.8. The quantitative estimate of drug-likeness (QED) is 0.742. The molecule has 0 aromatic heterocycles. The fourth-order valence-electron chi connectivity index (χ4n) is 2.62. The number of ketones is 1. The van der Waals surface area contributed by atoms with Gasteiger partial charge in [0.1, 0.15) is 5.78 Å². The lowest BCUT2D eigenvalue weighted by molar-refractivity contribution is -0.120. The van der Waals surface area contributed by atoms with Crippen molar-refractivity contribution in [3.05, 3.63) is 35.9 Å². The van der Waals surface area contributed by atoms with E-state index in [0.29, 0.717) is 24.7 Å².